The number of hydrogen-bond donors (Lipinski definition) is 0. The van der Waals surface area contributed by atoms with E-state index in [1.54, 1.807) is 6.07 Å². The van der Waals surface area contributed by atoms with Gasteiger partial charge in [0.05, 0.1) is 33.5 Å². The molecule has 0 saturated heterocycles. The van der Waals surface area contributed by atoms with Crippen LogP contribution >= 0.6 is 0 Å². The zero-order valence-electron chi connectivity index (χ0n) is 32.1. The monoisotopic (exact) mass is 771 g/mol. The molecule has 0 radical (unpaired) electrons. The lowest BCUT2D eigenvalue weighted by atomic mass is 9.97. The van der Waals surface area contributed by atoms with Gasteiger partial charge < -0.3 is 4.57 Å². The summed E-state index contributed by atoms with van der Waals surface area (Å²) in [7, 11) is 0. The van der Waals surface area contributed by atoms with Gasteiger partial charge in [0.25, 0.3) is 11.8 Å². The summed E-state index contributed by atoms with van der Waals surface area (Å²) in [5.74, 6) is 0.984. The van der Waals surface area contributed by atoms with Gasteiger partial charge >= 0.3 is 0 Å². The predicted molar refractivity (Wildman–Crippen MR) is 239 cm³/mol. The van der Waals surface area contributed by atoms with Crippen molar-refractivity contribution in [3.63, 3.8) is 0 Å². The second kappa shape index (κ2) is 14.3. The number of rotatable bonds is 7. The summed E-state index contributed by atoms with van der Waals surface area (Å²) in [6.07, 6.45) is 0. The molecule has 0 N–H and O–H groups in total. The Labute approximate surface area is 345 Å². The van der Waals surface area contributed by atoms with Gasteiger partial charge in [-0.25, -0.2) is 19.9 Å². The van der Waals surface area contributed by atoms with Crippen LogP contribution in [0.25, 0.3) is 83.9 Å². The van der Waals surface area contributed by atoms with E-state index in [2.05, 4.69) is 34.9 Å². The van der Waals surface area contributed by atoms with Crippen LogP contribution in [0.2, 0.25) is 0 Å². The van der Waals surface area contributed by atoms with Crippen molar-refractivity contribution in [2.24, 2.45) is 0 Å². The number of imide groups is 1. The van der Waals surface area contributed by atoms with E-state index in [1.165, 1.54) is 4.90 Å². The Balaban J connectivity index is 1.06. The highest BCUT2D eigenvalue weighted by atomic mass is 16.2. The molecule has 10 aromatic rings. The number of carbonyl (C=O) groups is 2. The van der Waals surface area contributed by atoms with Crippen LogP contribution in [0.3, 0.4) is 0 Å². The van der Waals surface area contributed by atoms with E-state index in [9.17, 15) is 9.59 Å². The SMILES string of the molecule is O=C1c2cccc(-n3c4ccccc4c4cc(-c5nc(-c6ccccc6)nc(-c6ccccc6)n5)ccc43)c2C(=O)N1c1ccc(-c2ccccc2)cc1-c1ccccc1. The molecule has 282 valence electrons. The van der Waals surface area contributed by atoms with E-state index >= 15 is 0 Å². The van der Waals surface area contributed by atoms with Crippen molar-refractivity contribution in [1.29, 1.82) is 0 Å². The van der Waals surface area contributed by atoms with E-state index in [4.69, 9.17) is 15.0 Å². The number of aromatic nitrogens is 4. The average Bonchev–Trinajstić information content (AvgIpc) is 3.79. The zero-order valence-corrected chi connectivity index (χ0v) is 32.1. The quantitative estimate of drug-likeness (QED) is 0.151. The van der Waals surface area contributed by atoms with Crippen LogP contribution in [-0.4, -0.2) is 31.3 Å². The van der Waals surface area contributed by atoms with Crippen molar-refractivity contribution in [2.45, 2.75) is 0 Å². The summed E-state index contributed by atoms with van der Waals surface area (Å²) in [4.78, 5) is 45.7. The minimum atomic E-state index is -0.370. The maximum atomic E-state index is 14.9. The predicted octanol–water partition coefficient (Wildman–Crippen LogP) is 12.1. The smallest absolute Gasteiger partial charge is 0.268 e. The molecule has 0 saturated carbocycles. The van der Waals surface area contributed by atoms with E-state index < -0.39 is 0 Å². The van der Waals surface area contributed by atoms with Gasteiger partial charge in [0.15, 0.2) is 17.5 Å². The van der Waals surface area contributed by atoms with Crippen LogP contribution in [0.4, 0.5) is 5.69 Å². The molecule has 3 heterocycles. The highest BCUT2D eigenvalue weighted by Crippen LogP contribution is 2.42. The van der Waals surface area contributed by atoms with Gasteiger partial charge in [-0.2, -0.15) is 0 Å². The number of anilines is 1. The molecule has 0 aliphatic carbocycles. The molecule has 2 amide bonds. The van der Waals surface area contributed by atoms with Crippen LogP contribution in [0.15, 0.2) is 200 Å². The fourth-order valence-corrected chi connectivity index (χ4v) is 8.37. The lowest BCUT2D eigenvalue weighted by Crippen LogP contribution is -2.30. The molecule has 11 rings (SSSR count). The van der Waals surface area contributed by atoms with E-state index in [0.717, 1.165) is 60.8 Å². The Kier molecular flexibility index (Phi) is 8.30. The van der Waals surface area contributed by atoms with Gasteiger partial charge in [-0.3, -0.25) is 9.59 Å². The van der Waals surface area contributed by atoms with Crippen LogP contribution in [-0.2, 0) is 0 Å². The van der Waals surface area contributed by atoms with Crippen LogP contribution in [0.1, 0.15) is 20.7 Å². The van der Waals surface area contributed by atoms with Gasteiger partial charge in [0.2, 0.25) is 0 Å². The number of benzene rings is 8. The second-order valence-electron chi connectivity index (χ2n) is 14.7. The number of amides is 2. The van der Waals surface area contributed by atoms with Crippen LogP contribution in [0.5, 0.6) is 0 Å². The molecule has 0 fully saturated rings. The molecule has 1 aliphatic rings. The molecule has 0 atom stereocenters. The summed E-state index contributed by atoms with van der Waals surface area (Å²) >= 11 is 0. The van der Waals surface area contributed by atoms with Crippen LogP contribution in [0, 0.1) is 0 Å². The van der Waals surface area contributed by atoms with Gasteiger partial charge in [0.1, 0.15) is 0 Å². The number of hydrogen-bond acceptors (Lipinski definition) is 5. The molecule has 0 spiro atoms. The number of para-hydroxylation sites is 1. The number of nitrogens with zero attached hydrogens (tertiary/aromatic N) is 5. The third-order valence-electron chi connectivity index (χ3n) is 11.2. The summed E-state index contributed by atoms with van der Waals surface area (Å²) in [6.45, 7) is 0. The van der Waals surface area contributed by atoms with Gasteiger partial charge in [-0.1, -0.05) is 152 Å². The molecule has 0 bridgehead atoms. The first-order chi connectivity index (χ1) is 29.6. The van der Waals surface area contributed by atoms with Crippen LogP contribution < -0.4 is 4.90 Å². The summed E-state index contributed by atoms with van der Waals surface area (Å²) in [6, 6.07) is 65.6. The Morgan fingerprint density at radius 1 is 0.333 bits per heavy atom. The molecule has 7 nitrogen and oxygen atoms in total. The molecule has 2 aromatic heterocycles. The first-order valence-corrected chi connectivity index (χ1v) is 19.8. The van der Waals surface area contributed by atoms with Crippen molar-refractivity contribution < 1.29 is 9.59 Å². The number of fused-ring (bicyclic) bond motifs is 4. The molecule has 7 heteroatoms. The minimum Gasteiger partial charge on any atom is -0.308 e. The zero-order chi connectivity index (χ0) is 40.2. The molecule has 0 unspecified atom stereocenters. The second-order valence-corrected chi connectivity index (χ2v) is 14.7. The Hall–Kier alpha value is -8.29. The van der Waals surface area contributed by atoms with Crippen molar-refractivity contribution in [2.75, 3.05) is 4.90 Å². The third-order valence-corrected chi connectivity index (χ3v) is 11.2. The van der Waals surface area contributed by atoms with Crippen molar-refractivity contribution in [3.05, 3.63) is 211 Å². The fraction of sp³-hybridized carbons (Fsp3) is 0. The van der Waals surface area contributed by atoms with Crippen molar-refractivity contribution in [1.82, 2.24) is 19.5 Å². The number of carbonyl (C=O) groups excluding carboxylic acids is 2. The third kappa shape index (κ3) is 5.79. The summed E-state index contributed by atoms with van der Waals surface area (Å²) in [5.41, 5.74) is 10.0. The topological polar surface area (TPSA) is 81.0 Å². The molecular weight excluding hydrogens is 739 g/mol. The normalized spacial score (nSPS) is 12.4. The van der Waals surface area contributed by atoms with Crippen molar-refractivity contribution in [3.8, 4) is 62.1 Å². The van der Waals surface area contributed by atoms with Gasteiger partial charge in [0, 0.05) is 33.0 Å². The first-order valence-electron chi connectivity index (χ1n) is 19.8. The van der Waals surface area contributed by atoms with Crippen molar-refractivity contribution >= 4 is 39.3 Å². The Morgan fingerprint density at radius 3 is 1.52 bits per heavy atom. The maximum Gasteiger partial charge on any atom is 0.268 e. The molecule has 8 aromatic carbocycles. The standard InChI is InChI=1S/C53H33N5O2/c59-52-41-25-15-27-47(48(41)53(60)58(52)45-30-28-38(34-16-5-1-6-17-34)32-42(45)35-18-7-2-8-19-35)57-44-26-14-13-24-40(44)43-33-39(29-31-46(43)57)51-55-49(36-20-9-3-10-21-36)54-50(56-51)37-22-11-4-12-23-37/h1-33H. The van der Waals surface area contributed by atoms with Gasteiger partial charge in [-0.05, 0) is 65.2 Å². The fourth-order valence-electron chi connectivity index (χ4n) is 8.37. The minimum absolute atomic E-state index is 0.358. The maximum absolute atomic E-state index is 14.9. The average molecular weight is 772 g/mol. The van der Waals surface area contributed by atoms with E-state index in [-0.39, 0.29) is 11.8 Å². The lowest BCUT2D eigenvalue weighted by molar-refractivity contribution is 0.0926. The largest absolute Gasteiger partial charge is 0.308 e. The Morgan fingerprint density at radius 2 is 0.867 bits per heavy atom. The molecule has 1 aliphatic heterocycles. The molecular formula is C53H33N5O2. The first kappa shape index (κ1) is 34.9. The summed E-state index contributed by atoms with van der Waals surface area (Å²) in [5, 5.41) is 1.95. The Bertz CT molecular complexity index is 3230. The van der Waals surface area contributed by atoms with Gasteiger partial charge in [-0.15, -0.1) is 0 Å². The highest BCUT2D eigenvalue weighted by Gasteiger charge is 2.40. The van der Waals surface area contributed by atoms with E-state index in [0.29, 0.717) is 40.0 Å². The molecule has 60 heavy (non-hydrogen) atoms. The summed E-state index contributed by atoms with van der Waals surface area (Å²) < 4.78 is 2.09. The highest BCUT2D eigenvalue weighted by molar-refractivity contribution is 6.36. The lowest BCUT2D eigenvalue weighted by Gasteiger charge is -2.20. The van der Waals surface area contributed by atoms with E-state index in [1.807, 2.05) is 164 Å².